The van der Waals surface area contributed by atoms with Crippen LogP contribution in [0, 0.1) is 17.0 Å². The van der Waals surface area contributed by atoms with Crippen LogP contribution < -0.4 is 4.72 Å². The molecule has 18 heavy (non-hydrogen) atoms. The third-order valence-corrected chi connectivity index (χ3v) is 5.67. The summed E-state index contributed by atoms with van der Waals surface area (Å²) in [5.74, 6) is -1.73. The molecule has 1 aromatic rings. The first-order chi connectivity index (χ1) is 8.38. The van der Waals surface area contributed by atoms with Gasteiger partial charge in [0.2, 0.25) is 10.0 Å². The molecule has 0 atom stereocenters. The minimum Gasteiger partial charge on any atom is -0.210 e. The number of sulfonamides is 1. The van der Waals surface area contributed by atoms with Gasteiger partial charge >= 0.3 is 0 Å². The average molecular weight is 340 g/mol. The molecule has 0 amide bonds. The Labute approximate surface area is 113 Å². The molecule has 1 fully saturated rings. The fourth-order valence-electron chi connectivity index (χ4n) is 1.54. The topological polar surface area (TPSA) is 46.2 Å². The number of alkyl halides is 1. The van der Waals surface area contributed by atoms with Crippen molar-refractivity contribution in [3.8, 4) is 0 Å². The normalized spacial score (nSPS) is 17.7. The fourth-order valence-corrected chi connectivity index (χ4v) is 3.55. The van der Waals surface area contributed by atoms with Gasteiger partial charge in [0.1, 0.15) is 16.5 Å². The second-order valence-corrected chi connectivity index (χ2v) is 6.83. The maximum absolute atomic E-state index is 13.4. The Bertz CT molecular complexity index is 558. The third-order valence-electron chi connectivity index (χ3n) is 3.06. The summed E-state index contributed by atoms with van der Waals surface area (Å²) < 4.78 is 52.4. The summed E-state index contributed by atoms with van der Waals surface area (Å²) in [7, 11) is -4.00. The van der Waals surface area contributed by atoms with Crippen molar-refractivity contribution < 1.29 is 17.2 Å². The molecule has 1 saturated carbocycles. The number of rotatable bonds is 5. The van der Waals surface area contributed by atoms with Gasteiger partial charge in [-0.05, 0) is 36.5 Å². The van der Waals surface area contributed by atoms with Crippen molar-refractivity contribution >= 4 is 26.0 Å². The molecule has 0 aromatic heterocycles. The molecular weight excluding hydrogens is 328 g/mol. The Morgan fingerprint density at radius 1 is 1.33 bits per heavy atom. The molecule has 1 aromatic carbocycles. The van der Waals surface area contributed by atoms with Gasteiger partial charge in [-0.1, -0.05) is 15.9 Å². The van der Waals surface area contributed by atoms with Crippen LogP contribution in [0.15, 0.2) is 23.1 Å². The molecular formula is C11H12BrF2NO2S. The first-order valence-corrected chi connectivity index (χ1v) is 8.00. The lowest BCUT2D eigenvalue weighted by atomic mass is 10.1. The molecule has 0 saturated heterocycles. The number of halogens is 3. The fraction of sp³-hybridized carbons (Fsp3) is 0.455. The lowest BCUT2D eigenvalue weighted by molar-refractivity contribution is 0.524. The number of hydrogen-bond acceptors (Lipinski definition) is 2. The molecule has 1 N–H and O–H groups in total. The van der Waals surface area contributed by atoms with Crippen LogP contribution in [0.1, 0.15) is 12.8 Å². The monoisotopic (exact) mass is 339 g/mol. The van der Waals surface area contributed by atoms with Crippen molar-refractivity contribution in [1.29, 1.82) is 0 Å². The highest BCUT2D eigenvalue weighted by Gasteiger charge is 2.42. The van der Waals surface area contributed by atoms with Gasteiger partial charge in [0.05, 0.1) is 0 Å². The van der Waals surface area contributed by atoms with Crippen molar-refractivity contribution in [3.63, 3.8) is 0 Å². The van der Waals surface area contributed by atoms with E-state index in [9.17, 15) is 17.2 Å². The van der Waals surface area contributed by atoms with E-state index in [0.717, 1.165) is 25.0 Å². The quantitative estimate of drug-likeness (QED) is 0.837. The van der Waals surface area contributed by atoms with E-state index in [1.54, 1.807) is 0 Å². The zero-order valence-corrected chi connectivity index (χ0v) is 11.8. The molecule has 0 spiro atoms. The number of hydrogen-bond donors (Lipinski definition) is 1. The molecule has 7 heteroatoms. The Kier molecular flexibility index (Phi) is 3.75. The van der Waals surface area contributed by atoms with Gasteiger partial charge in [-0.25, -0.2) is 21.9 Å². The Balaban J connectivity index is 2.18. The number of nitrogens with one attached hydrogen (secondary N) is 1. The summed E-state index contributed by atoms with van der Waals surface area (Å²) in [5.41, 5.74) is -0.0725. The Morgan fingerprint density at radius 2 is 2.00 bits per heavy atom. The van der Waals surface area contributed by atoms with Gasteiger partial charge in [0, 0.05) is 11.9 Å². The van der Waals surface area contributed by atoms with E-state index in [1.807, 2.05) is 0 Å². The molecule has 0 radical (unpaired) electrons. The third kappa shape index (κ3) is 2.89. The van der Waals surface area contributed by atoms with Crippen molar-refractivity contribution in [2.24, 2.45) is 5.41 Å². The van der Waals surface area contributed by atoms with E-state index in [4.69, 9.17) is 0 Å². The highest BCUT2D eigenvalue weighted by Crippen LogP contribution is 2.46. The smallest absolute Gasteiger partial charge is 0.210 e. The van der Waals surface area contributed by atoms with Crippen LogP contribution in [0.2, 0.25) is 0 Å². The molecule has 0 heterocycles. The predicted molar refractivity (Wildman–Crippen MR) is 67.0 cm³/mol. The van der Waals surface area contributed by atoms with Crippen LogP contribution in [-0.4, -0.2) is 20.3 Å². The lowest BCUT2D eigenvalue weighted by Gasteiger charge is -2.13. The predicted octanol–water partition coefficient (Wildman–Crippen LogP) is 2.42. The zero-order chi connectivity index (χ0) is 13.4. The van der Waals surface area contributed by atoms with Crippen LogP contribution in [0.4, 0.5) is 8.78 Å². The summed E-state index contributed by atoms with van der Waals surface area (Å²) in [6, 6.07) is 2.38. The molecule has 1 aliphatic carbocycles. The molecule has 0 aliphatic heterocycles. The Morgan fingerprint density at radius 3 is 2.56 bits per heavy atom. The van der Waals surface area contributed by atoms with Gasteiger partial charge in [0.25, 0.3) is 0 Å². The second-order valence-electron chi connectivity index (χ2n) is 4.53. The summed E-state index contributed by atoms with van der Waals surface area (Å²) in [6.07, 6.45) is 1.85. The highest BCUT2D eigenvalue weighted by molar-refractivity contribution is 9.09. The summed E-state index contributed by atoms with van der Waals surface area (Å²) in [4.78, 5) is -0.645. The van der Waals surface area contributed by atoms with Crippen LogP contribution in [0.3, 0.4) is 0 Å². The number of benzene rings is 1. The molecule has 100 valence electrons. The second kappa shape index (κ2) is 4.86. The first-order valence-electron chi connectivity index (χ1n) is 5.39. The SMILES string of the molecule is O=S(=O)(NCC1(CBr)CC1)c1cc(F)ccc1F. The standard InChI is InChI=1S/C11H12BrF2NO2S/c12-6-11(3-4-11)7-15-18(16,17)10-5-8(13)1-2-9(10)14/h1-2,5,15H,3-4,6-7H2. The summed E-state index contributed by atoms with van der Waals surface area (Å²) in [6.45, 7) is 0.233. The van der Waals surface area contributed by atoms with Crippen LogP contribution in [0.25, 0.3) is 0 Å². The maximum Gasteiger partial charge on any atom is 0.243 e. The van der Waals surface area contributed by atoms with E-state index in [-0.39, 0.29) is 12.0 Å². The maximum atomic E-state index is 13.4. The lowest BCUT2D eigenvalue weighted by Crippen LogP contribution is -2.31. The molecule has 1 aliphatic rings. The minimum atomic E-state index is -4.00. The van der Waals surface area contributed by atoms with Crippen LogP contribution >= 0.6 is 15.9 Å². The van der Waals surface area contributed by atoms with E-state index in [2.05, 4.69) is 20.7 Å². The van der Waals surface area contributed by atoms with Crippen molar-refractivity contribution in [2.45, 2.75) is 17.7 Å². The van der Waals surface area contributed by atoms with Gasteiger partial charge in [-0.3, -0.25) is 0 Å². The largest absolute Gasteiger partial charge is 0.243 e. The minimum absolute atomic E-state index is 0.0725. The van der Waals surface area contributed by atoms with E-state index in [0.29, 0.717) is 11.4 Å². The average Bonchev–Trinajstić information content (AvgIpc) is 3.11. The highest BCUT2D eigenvalue weighted by atomic mass is 79.9. The van der Waals surface area contributed by atoms with E-state index >= 15 is 0 Å². The summed E-state index contributed by atoms with van der Waals surface area (Å²) >= 11 is 3.31. The van der Waals surface area contributed by atoms with Crippen molar-refractivity contribution in [1.82, 2.24) is 4.72 Å². The van der Waals surface area contributed by atoms with Gasteiger partial charge in [-0.15, -0.1) is 0 Å². The van der Waals surface area contributed by atoms with Gasteiger partial charge in [0.15, 0.2) is 0 Å². The summed E-state index contributed by atoms with van der Waals surface area (Å²) in [5, 5.41) is 0.689. The van der Waals surface area contributed by atoms with E-state index < -0.39 is 26.6 Å². The van der Waals surface area contributed by atoms with Crippen molar-refractivity contribution in [3.05, 3.63) is 29.8 Å². The van der Waals surface area contributed by atoms with Crippen LogP contribution in [-0.2, 0) is 10.0 Å². The molecule has 0 unspecified atom stereocenters. The molecule has 0 bridgehead atoms. The van der Waals surface area contributed by atoms with Crippen molar-refractivity contribution in [2.75, 3.05) is 11.9 Å². The molecule has 2 rings (SSSR count). The van der Waals surface area contributed by atoms with Crippen LogP contribution in [0.5, 0.6) is 0 Å². The van der Waals surface area contributed by atoms with E-state index in [1.165, 1.54) is 0 Å². The Hall–Kier alpha value is -0.530. The van der Waals surface area contributed by atoms with Gasteiger partial charge in [-0.2, -0.15) is 0 Å². The van der Waals surface area contributed by atoms with Gasteiger partial charge < -0.3 is 0 Å². The zero-order valence-electron chi connectivity index (χ0n) is 9.42. The first kappa shape index (κ1) is 13.9. The molecule has 3 nitrogen and oxygen atoms in total.